The summed E-state index contributed by atoms with van der Waals surface area (Å²) in [6.45, 7) is 7.66. The Balaban J connectivity index is 3.34. The maximum absolute atomic E-state index is 12.8. The van der Waals surface area contributed by atoms with E-state index in [0.29, 0.717) is 5.56 Å². The second-order valence-corrected chi connectivity index (χ2v) is 5.98. The van der Waals surface area contributed by atoms with E-state index in [-0.39, 0.29) is 10.3 Å². The molecule has 0 radical (unpaired) electrons. The number of hydrogen-bond donors (Lipinski definition) is 0. The number of halogens is 1. The van der Waals surface area contributed by atoms with Crippen LogP contribution < -0.4 is 0 Å². The fourth-order valence-corrected chi connectivity index (χ4v) is 2.06. The van der Waals surface area contributed by atoms with E-state index >= 15 is 0 Å². The Morgan fingerprint density at radius 2 is 1.73 bits per heavy atom. The first kappa shape index (κ1) is 12.2. The number of aryl methyl sites for hydroxylation is 1. The first-order chi connectivity index (χ1) is 6.62. The fourth-order valence-electron chi connectivity index (χ4n) is 1.39. The summed E-state index contributed by atoms with van der Waals surface area (Å²) in [4.78, 5) is -0.240. The van der Waals surface area contributed by atoms with Gasteiger partial charge in [-0.25, -0.2) is 0 Å². The van der Waals surface area contributed by atoms with Gasteiger partial charge in [0.25, 0.3) is 0 Å². The summed E-state index contributed by atoms with van der Waals surface area (Å²) in [5, 5.41) is 0. The van der Waals surface area contributed by atoms with E-state index in [9.17, 15) is 12.3 Å². The molecule has 0 fully saturated rings. The average molecular weight is 230 g/mol. The minimum Gasteiger partial charge on any atom is -0.189 e. The van der Waals surface area contributed by atoms with Crippen molar-refractivity contribution in [3.05, 3.63) is 29.3 Å². The molecule has 0 heterocycles. The van der Waals surface area contributed by atoms with Gasteiger partial charge in [-0.3, -0.25) is 0 Å². The molecule has 0 saturated heterocycles. The second-order valence-electron chi connectivity index (χ2n) is 4.67. The molecular weight excluding hydrogens is 215 g/mol. The summed E-state index contributed by atoms with van der Waals surface area (Å²) >= 11 is 0. The van der Waals surface area contributed by atoms with Crippen molar-refractivity contribution in [2.24, 2.45) is 0 Å². The van der Waals surface area contributed by atoms with E-state index in [0.717, 1.165) is 5.56 Å². The highest BCUT2D eigenvalue weighted by Crippen LogP contribution is 2.26. The Morgan fingerprint density at radius 1 is 1.20 bits per heavy atom. The minimum absolute atomic E-state index is 0.0661. The molecule has 0 amide bonds. The first-order valence-electron chi connectivity index (χ1n) is 4.68. The van der Waals surface area contributed by atoms with Crippen molar-refractivity contribution in [2.75, 3.05) is 0 Å². The molecule has 1 rings (SSSR count). The Bertz CT molecular complexity index is 470. The van der Waals surface area contributed by atoms with Crippen molar-refractivity contribution >= 4 is 10.2 Å². The normalized spacial score (nSPS) is 12.9. The van der Waals surface area contributed by atoms with Crippen LogP contribution >= 0.6 is 0 Å². The second kappa shape index (κ2) is 3.59. The smallest absolute Gasteiger partial charge is 0.189 e. The Morgan fingerprint density at radius 3 is 2.07 bits per heavy atom. The van der Waals surface area contributed by atoms with Crippen LogP contribution in [0.3, 0.4) is 0 Å². The summed E-state index contributed by atoms with van der Waals surface area (Å²) in [6, 6.07) is 4.69. The third-order valence-corrected chi connectivity index (χ3v) is 3.29. The molecule has 84 valence electrons. The average Bonchev–Trinajstić information content (AvgIpc) is 1.99. The van der Waals surface area contributed by atoms with Crippen LogP contribution in [0.15, 0.2) is 23.1 Å². The molecule has 0 bridgehead atoms. The van der Waals surface area contributed by atoms with E-state index in [1.165, 1.54) is 6.07 Å². The van der Waals surface area contributed by atoms with E-state index in [4.69, 9.17) is 0 Å². The highest BCUT2D eigenvalue weighted by Gasteiger charge is 2.19. The predicted octanol–water partition coefficient (Wildman–Crippen LogP) is 2.95. The molecule has 0 aliphatic heterocycles. The van der Waals surface area contributed by atoms with Gasteiger partial charge in [0.1, 0.15) is 4.90 Å². The van der Waals surface area contributed by atoms with Gasteiger partial charge in [-0.15, -0.1) is 3.89 Å². The van der Waals surface area contributed by atoms with Crippen LogP contribution in [0.4, 0.5) is 3.89 Å². The third kappa shape index (κ3) is 2.78. The molecule has 0 atom stereocenters. The maximum Gasteiger partial charge on any atom is 0.332 e. The summed E-state index contributed by atoms with van der Waals surface area (Å²) in [5.41, 5.74) is 1.38. The number of benzene rings is 1. The maximum atomic E-state index is 12.8. The van der Waals surface area contributed by atoms with Crippen molar-refractivity contribution in [3.8, 4) is 0 Å². The Kier molecular flexibility index (Phi) is 2.92. The zero-order valence-electron chi connectivity index (χ0n) is 9.33. The minimum atomic E-state index is -4.60. The lowest BCUT2D eigenvalue weighted by Gasteiger charge is -2.19. The van der Waals surface area contributed by atoms with Gasteiger partial charge in [0, 0.05) is 0 Å². The first-order valence-corrected chi connectivity index (χ1v) is 6.06. The number of hydrogen-bond acceptors (Lipinski definition) is 2. The lowest BCUT2D eigenvalue weighted by Crippen LogP contribution is -2.11. The standard InChI is InChI=1S/C11H15FO2S/c1-8-7-9(11(2,3)4)5-6-10(8)15(12,13)14/h5-7H,1-4H3. The molecule has 0 unspecified atom stereocenters. The molecule has 0 N–H and O–H groups in total. The monoisotopic (exact) mass is 230 g/mol. The van der Waals surface area contributed by atoms with Gasteiger partial charge >= 0.3 is 10.2 Å². The largest absolute Gasteiger partial charge is 0.332 e. The zero-order chi connectivity index (χ0) is 11.9. The molecule has 0 aliphatic rings. The summed E-state index contributed by atoms with van der Waals surface area (Å²) in [6.07, 6.45) is 0. The predicted molar refractivity (Wildman–Crippen MR) is 58.2 cm³/mol. The topological polar surface area (TPSA) is 34.1 Å². The van der Waals surface area contributed by atoms with Gasteiger partial charge < -0.3 is 0 Å². The molecule has 0 aliphatic carbocycles. The van der Waals surface area contributed by atoms with Crippen molar-refractivity contribution < 1.29 is 12.3 Å². The van der Waals surface area contributed by atoms with Crippen LogP contribution in [0, 0.1) is 6.92 Å². The molecule has 1 aromatic rings. The van der Waals surface area contributed by atoms with Crippen molar-refractivity contribution in [2.45, 2.75) is 38.0 Å². The number of rotatable bonds is 1. The van der Waals surface area contributed by atoms with Crippen LogP contribution in [-0.4, -0.2) is 8.42 Å². The van der Waals surface area contributed by atoms with Gasteiger partial charge in [-0.05, 0) is 29.5 Å². The molecule has 2 nitrogen and oxygen atoms in total. The van der Waals surface area contributed by atoms with Crippen LogP contribution in [0.2, 0.25) is 0 Å². The highest BCUT2D eigenvalue weighted by molar-refractivity contribution is 7.86. The van der Waals surface area contributed by atoms with Crippen LogP contribution in [0.1, 0.15) is 31.9 Å². The molecular formula is C11H15FO2S. The van der Waals surface area contributed by atoms with Crippen molar-refractivity contribution in [1.82, 2.24) is 0 Å². The Hall–Kier alpha value is -0.900. The molecule has 0 spiro atoms. The lowest BCUT2D eigenvalue weighted by molar-refractivity contribution is 0.550. The van der Waals surface area contributed by atoms with Gasteiger partial charge in [-0.2, -0.15) is 8.42 Å². The van der Waals surface area contributed by atoms with E-state index in [1.54, 1.807) is 19.1 Å². The lowest BCUT2D eigenvalue weighted by atomic mass is 9.86. The van der Waals surface area contributed by atoms with Gasteiger partial charge in [0.05, 0.1) is 0 Å². The summed E-state index contributed by atoms with van der Waals surface area (Å²) in [7, 11) is -4.60. The molecule has 4 heteroatoms. The van der Waals surface area contributed by atoms with Crippen molar-refractivity contribution in [1.29, 1.82) is 0 Å². The van der Waals surface area contributed by atoms with Crippen LogP contribution in [0.5, 0.6) is 0 Å². The summed E-state index contributed by atoms with van der Waals surface area (Å²) < 4.78 is 34.3. The van der Waals surface area contributed by atoms with Gasteiger partial charge in [0.2, 0.25) is 0 Å². The summed E-state index contributed by atoms with van der Waals surface area (Å²) in [5.74, 6) is 0. The van der Waals surface area contributed by atoms with Gasteiger partial charge in [-0.1, -0.05) is 32.9 Å². The molecule has 0 aromatic heterocycles. The van der Waals surface area contributed by atoms with Crippen LogP contribution in [0.25, 0.3) is 0 Å². The Labute approximate surface area is 90.3 Å². The third-order valence-electron chi connectivity index (χ3n) is 2.30. The van der Waals surface area contributed by atoms with Gasteiger partial charge in [0.15, 0.2) is 0 Å². The molecule has 1 aromatic carbocycles. The molecule has 0 saturated carbocycles. The quantitative estimate of drug-likeness (QED) is 0.695. The molecule has 15 heavy (non-hydrogen) atoms. The SMILES string of the molecule is Cc1cc(C(C)(C)C)ccc1S(=O)(=O)F. The van der Waals surface area contributed by atoms with E-state index < -0.39 is 10.2 Å². The zero-order valence-corrected chi connectivity index (χ0v) is 10.2. The van der Waals surface area contributed by atoms with E-state index in [1.807, 2.05) is 20.8 Å². The highest BCUT2D eigenvalue weighted by atomic mass is 32.3. The van der Waals surface area contributed by atoms with Crippen LogP contribution in [-0.2, 0) is 15.6 Å². The van der Waals surface area contributed by atoms with Crippen molar-refractivity contribution in [3.63, 3.8) is 0 Å². The van der Waals surface area contributed by atoms with E-state index in [2.05, 4.69) is 0 Å². The fraction of sp³-hybridized carbons (Fsp3) is 0.455.